The van der Waals surface area contributed by atoms with E-state index in [-0.39, 0.29) is 16.7 Å². The molecular weight excluding hydrogens is 1190 g/mol. The first-order valence-electron chi connectivity index (χ1n) is 23.5. The maximum atomic E-state index is 14.2. The van der Waals surface area contributed by atoms with Crippen LogP contribution in [0.15, 0.2) is 149 Å². The van der Waals surface area contributed by atoms with E-state index in [4.69, 9.17) is 0 Å². The highest BCUT2D eigenvalue weighted by molar-refractivity contribution is 7.97. The minimum absolute atomic E-state index is 0.204. The highest BCUT2D eigenvalue weighted by Crippen LogP contribution is 2.42. The van der Waals surface area contributed by atoms with Gasteiger partial charge in [0, 0.05) is 16.7 Å². The van der Waals surface area contributed by atoms with E-state index in [9.17, 15) is 110 Å². The van der Waals surface area contributed by atoms with Crippen LogP contribution >= 0.6 is 0 Å². The smallest absolute Gasteiger partial charge is 0.289 e. The number of rotatable bonds is 9. The monoisotopic (exact) mass is 1220 g/mol. The van der Waals surface area contributed by atoms with Crippen LogP contribution in [0.4, 0.5) is 105 Å². The van der Waals surface area contributed by atoms with Crippen molar-refractivity contribution in [3.05, 3.63) is 212 Å². The zero-order valence-corrected chi connectivity index (χ0v) is 43.3. The number of hydrogen-bond donors (Lipinski definition) is 0. The van der Waals surface area contributed by atoms with E-state index in [1.807, 2.05) is 30.3 Å². The Bertz CT molecular complexity index is 3020. The second-order valence-electron chi connectivity index (χ2n) is 18.9. The van der Waals surface area contributed by atoms with Crippen LogP contribution in [0.25, 0.3) is 0 Å². The Morgan fingerprint density at radius 2 is 0.554 bits per heavy atom. The number of alkyl halides is 24. The second-order valence-corrected chi connectivity index (χ2v) is 20.9. The highest BCUT2D eigenvalue weighted by atomic mass is 32.2. The molecule has 83 heavy (non-hydrogen) atoms. The third-order valence-electron chi connectivity index (χ3n) is 13.5. The Kier molecular flexibility index (Phi) is 17.9. The van der Waals surface area contributed by atoms with Crippen molar-refractivity contribution in [3.63, 3.8) is 0 Å². The second kappa shape index (κ2) is 22.8. The molecule has 0 atom stereocenters. The molecule has 0 fully saturated rings. The lowest BCUT2D eigenvalue weighted by Gasteiger charge is -2.46. The van der Waals surface area contributed by atoms with Gasteiger partial charge in [0.05, 0.1) is 55.4 Å². The molecule has 0 saturated carbocycles. The summed E-state index contributed by atoms with van der Waals surface area (Å²) in [5.41, 5.74) is -24.3. The summed E-state index contributed by atoms with van der Waals surface area (Å²) in [4.78, 5) is 15.6. The number of hydrogen-bond acceptors (Lipinski definition) is 1. The van der Waals surface area contributed by atoms with E-state index in [2.05, 4.69) is 64.1 Å². The zero-order valence-electron chi connectivity index (χ0n) is 42.5. The van der Waals surface area contributed by atoms with E-state index in [0.29, 0.717) is 5.75 Å². The molecule has 0 aliphatic carbocycles. The molecule has 7 aromatic carbocycles. The maximum Gasteiger partial charge on any atom is 0.416 e. The molecule has 7 aromatic rings. The van der Waals surface area contributed by atoms with Crippen LogP contribution in [0.5, 0.6) is 0 Å². The SMILES string of the molecule is Cc1cccc([S+](CC(=O)c2ccccc2)c2cccc(C)c2C)c1C.FC(F)(F)c1cc([B-](c2cc(C(F)(F)F)cc(C(F)(F)F)c2)(c2cc(C(F)(F)F)cc(C(F)(F)F)c2)c2cc(C(F)(F)F)cc(C(F)(F)F)c2)cc(C(F)(F)F)c1. The molecule has 27 heteroatoms. The van der Waals surface area contributed by atoms with E-state index < -0.39 is 195 Å². The summed E-state index contributed by atoms with van der Waals surface area (Å²) in [5, 5.41) is 0. The Hall–Kier alpha value is -7.06. The summed E-state index contributed by atoms with van der Waals surface area (Å²) in [6.07, 6.45) is -54.8. The highest BCUT2D eigenvalue weighted by Gasteiger charge is 2.47. The van der Waals surface area contributed by atoms with Crippen molar-refractivity contribution in [3.8, 4) is 0 Å². The molecule has 0 aliphatic heterocycles. The molecule has 0 amide bonds. The van der Waals surface area contributed by atoms with E-state index in [0.717, 1.165) is 5.56 Å². The first-order chi connectivity index (χ1) is 37.7. The zero-order chi connectivity index (χ0) is 62.6. The number of ketones is 1. The van der Waals surface area contributed by atoms with Gasteiger partial charge >= 0.3 is 49.4 Å². The van der Waals surface area contributed by atoms with Crippen LogP contribution in [0, 0.1) is 27.7 Å². The van der Waals surface area contributed by atoms with Gasteiger partial charge in [0.25, 0.3) is 0 Å². The van der Waals surface area contributed by atoms with Crippen molar-refractivity contribution in [2.45, 2.75) is 86.9 Å². The molecule has 444 valence electrons. The molecule has 0 unspecified atom stereocenters. The van der Waals surface area contributed by atoms with Crippen molar-refractivity contribution < 1.29 is 110 Å². The molecule has 0 N–H and O–H groups in total. The molecule has 1 nitrogen and oxygen atoms in total. The Morgan fingerprint density at radius 3 is 0.771 bits per heavy atom. The first kappa shape index (κ1) is 65.1. The summed E-state index contributed by atoms with van der Waals surface area (Å²) in [5.74, 6) is 0.717. The van der Waals surface area contributed by atoms with Crippen LogP contribution in [0.1, 0.15) is 77.1 Å². The Morgan fingerprint density at radius 1 is 0.325 bits per heavy atom. The Labute approximate surface area is 458 Å². The minimum Gasteiger partial charge on any atom is -0.289 e. The van der Waals surface area contributed by atoms with Crippen LogP contribution in [-0.2, 0) is 60.3 Å². The average Bonchev–Trinajstić information content (AvgIpc) is 1.05. The van der Waals surface area contributed by atoms with Crippen molar-refractivity contribution in [2.75, 3.05) is 5.75 Å². The molecule has 7 rings (SSSR count). The third-order valence-corrected chi connectivity index (χ3v) is 15.9. The standard InChI is InChI=1S/C32H12BF24.C24H25OS/c34-25(35,36)13-1-14(26(37,38)39)6-21(5-13)33(22-7-15(27(40,41)42)2-16(8-22)28(43,44)45,23-9-17(29(46,47)48)3-18(10-23)30(49,50)51)24-11-19(31(52,53)54)4-20(12-24)32(55,56)57;1-17-10-8-14-23(19(17)3)26(24-15-9-11-18(2)20(24)4)16-22(25)21-12-6-5-7-13-21/h1-12H;5-15H,16H2,1-4H3/q-1;+1. The van der Waals surface area contributed by atoms with Crippen molar-refractivity contribution in [1.29, 1.82) is 0 Å². The summed E-state index contributed by atoms with van der Waals surface area (Å²) in [6.45, 7) is 8.62. The van der Waals surface area contributed by atoms with Gasteiger partial charge in [-0.15, -0.1) is 0 Å². The fourth-order valence-electron chi connectivity index (χ4n) is 9.17. The minimum atomic E-state index is -6.13. The van der Waals surface area contributed by atoms with Gasteiger partial charge in [-0.1, -0.05) is 103 Å². The normalized spacial score (nSPS) is 13.3. The lowest BCUT2D eigenvalue weighted by Crippen LogP contribution is -2.75. The molecule has 0 spiro atoms. The maximum absolute atomic E-state index is 14.2. The largest absolute Gasteiger partial charge is 0.416 e. The van der Waals surface area contributed by atoms with Crippen LogP contribution < -0.4 is 21.9 Å². The van der Waals surface area contributed by atoms with Gasteiger partial charge in [-0.05, 0) is 75.2 Å². The van der Waals surface area contributed by atoms with Crippen molar-refractivity contribution >= 4 is 44.7 Å². The molecule has 0 aliphatic rings. The fourth-order valence-corrected chi connectivity index (χ4v) is 11.7. The van der Waals surface area contributed by atoms with Gasteiger partial charge in [0.1, 0.15) is 6.15 Å². The predicted octanol–water partition coefficient (Wildman–Crippen LogP) is 17.1. The van der Waals surface area contributed by atoms with Crippen LogP contribution in [-0.4, -0.2) is 17.7 Å². The number of Topliss-reactive ketones (excluding diaryl/α,β-unsaturated/α-hetero) is 1. The quantitative estimate of drug-likeness (QED) is 0.0609. The van der Waals surface area contributed by atoms with Gasteiger partial charge in [0.15, 0.2) is 15.5 Å². The van der Waals surface area contributed by atoms with Crippen molar-refractivity contribution in [2.24, 2.45) is 0 Å². The lowest BCUT2D eigenvalue weighted by molar-refractivity contribution is -0.144. The number of aryl methyl sites for hydroxylation is 2. The van der Waals surface area contributed by atoms with Crippen molar-refractivity contribution in [1.82, 2.24) is 0 Å². The molecule has 0 radical (unpaired) electrons. The predicted molar refractivity (Wildman–Crippen MR) is 261 cm³/mol. The van der Waals surface area contributed by atoms with Gasteiger partial charge in [-0.3, -0.25) is 4.79 Å². The molecular formula is C56H37BF24OS. The number of halogens is 24. The third kappa shape index (κ3) is 14.7. The first-order valence-corrected chi connectivity index (χ1v) is 24.9. The van der Waals surface area contributed by atoms with Gasteiger partial charge in [0.2, 0.25) is 5.78 Å². The summed E-state index contributed by atoms with van der Waals surface area (Å²) in [7, 11) is -0.275. The van der Waals surface area contributed by atoms with E-state index in [1.54, 1.807) is 0 Å². The number of benzene rings is 7. The van der Waals surface area contributed by atoms with E-state index >= 15 is 0 Å². The summed E-state index contributed by atoms with van der Waals surface area (Å²) in [6, 6.07) is 13.7. The number of carbonyl (C=O) groups is 1. The number of carbonyl (C=O) groups excluding carboxylic acids is 1. The van der Waals surface area contributed by atoms with Gasteiger partial charge < -0.3 is 0 Å². The summed E-state index contributed by atoms with van der Waals surface area (Å²) >= 11 is 0. The average molecular weight is 1220 g/mol. The topological polar surface area (TPSA) is 17.1 Å². The Balaban J connectivity index is 0.000000352. The fraction of sp³-hybridized carbons (Fsp3) is 0.232. The lowest BCUT2D eigenvalue weighted by atomic mass is 9.12. The molecule has 0 bridgehead atoms. The van der Waals surface area contributed by atoms with Gasteiger partial charge in [-0.25, -0.2) is 0 Å². The molecule has 0 heterocycles. The van der Waals surface area contributed by atoms with Crippen LogP contribution in [0.3, 0.4) is 0 Å². The van der Waals surface area contributed by atoms with E-state index in [1.165, 1.54) is 32.0 Å². The van der Waals surface area contributed by atoms with Crippen LogP contribution in [0.2, 0.25) is 0 Å². The van der Waals surface area contributed by atoms with Gasteiger partial charge in [-0.2, -0.15) is 127 Å². The summed E-state index contributed by atoms with van der Waals surface area (Å²) < 4.78 is 341. The molecule has 0 aromatic heterocycles. The molecule has 0 saturated heterocycles.